The van der Waals surface area contributed by atoms with Crippen LogP contribution in [0.4, 0.5) is 0 Å². The maximum Gasteiger partial charge on any atom is 0.261 e. The van der Waals surface area contributed by atoms with Gasteiger partial charge in [0.1, 0.15) is 5.75 Å². The van der Waals surface area contributed by atoms with Crippen molar-refractivity contribution in [2.24, 2.45) is 0 Å². The molecule has 3 N–H and O–H groups in total. The molecule has 164 valence electrons. The summed E-state index contributed by atoms with van der Waals surface area (Å²) in [7, 11) is 1.61. The summed E-state index contributed by atoms with van der Waals surface area (Å²) in [5.74, 6) is 0.151. The molecule has 0 spiro atoms. The molecular weight excluding hydrogens is 414 g/mol. The highest BCUT2D eigenvalue weighted by Crippen LogP contribution is 2.33. The fourth-order valence-electron chi connectivity index (χ4n) is 5.24. The molecule has 0 radical (unpaired) electrons. The summed E-state index contributed by atoms with van der Waals surface area (Å²) in [6.07, 6.45) is 1.02. The number of fused-ring (bicyclic) bond motifs is 4. The van der Waals surface area contributed by atoms with Gasteiger partial charge in [0.25, 0.3) is 11.8 Å². The number of hydrogen-bond acceptors (Lipinski definition) is 3. The van der Waals surface area contributed by atoms with Crippen molar-refractivity contribution in [2.45, 2.75) is 19.0 Å². The first-order valence-electron chi connectivity index (χ1n) is 11.2. The summed E-state index contributed by atoms with van der Waals surface area (Å²) < 4.78 is 5.60. The molecule has 6 rings (SSSR count). The minimum atomic E-state index is -0.259. The number of rotatable bonds is 4. The maximum atomic E-state index is 12.9. The second-order valence-corrected chi connectivity index (χ2v) is 8.63. The number of nitrogens with one attached hydrogen (secondary N) is 1. The summed E-state index contributed by atoms with van der Waals surface area (Å²) in [5.41, 5.74) is 6.61. The lowest BCUT2D eigenvalue weighted by Gasteiger charge is -2.23. The van der Waals surface area contributed by atoms with E-state index in [1.54, 1.807) is 31.4 Å². The van der Waals surface area contributed by atoms with Gasteiger partial charge < -0.3 is 15.0 Å². The van der Waals surface area contributed by atoms with Gasteiger partial charge in [0.2, 0.25) is 0 Å². The first-order valence-corrected chi connectivity index (χ1v) is 11.2. The number of amides is 2. The fourth-order valence-corrected chi connectivity index (χ4v) is 5.24. The van der Waals surface area contributed by atoms with Crippen molar-refractivity contribution in [1.29, 1.82) is 0 Å². The third-order valence-corrected chi connectivity index (χ3v) is 6.82. The molecule has 2 aliphatic heterocycles. The third kappa shape index (κ3) is 3.06. The number of carbonyl (C=O) groups excluding carboxylic acids is 2. The first kappa shape index (κ1) is 19.8. The number of carbonyl (C=O) groups is 2. The summed E-state index contributed by atoms with van der Waals surface area (Å²) in [4.78, 5) is 30.8. The van der Waals surface area contributed by atoms with Crippen molar-refractivity contribution in [3.63, 3.8) is 0 Å². The van der Waals surface area contributed by atoms with Crippen LogP contribution < -0.4 is 10.1 Å². The van der Waals surface area contributed by atoms with Gasteiger partial charge in [-0.1, -0.05) is 30.3 Å². The van der Waals surface area contributed by atoms with Gasteiger partial charge in [-0.25, -0.2) is 0 Å². The number of para-hydroxylation sites is 1. The number of aromatic amines is 1. The summed E-state index contributed by atoms with van der Waals surface area (Å²) in [6, 6.07) is 21.6. The molecule has 33 heavy (non-hydrogen) atoms. The van der Waals surface area contributed by atoms with E-state index in [9.17, 15) is 9.59 Å². The number of methoxy groups -OCH3 is 1. The van der Waals surface area contributed by atoms with Crippen LogP contribution in [0.3, 0.4) is 0 Å². The average Bonchev–Trinajstić information content (AvgIpc) is 3.35. The molecule has 2 amide bonds. The van der Waals surface area contributed by atoms with Gasteiger partial charge in [-0.2, -0.15) is 0 Å². The van der Waals surface area contributed by atoms with Gasteiger partial charge in [0.05, 0.1) is 37.0 Å². The van der Waals surface area contributed by atoms with Gasteiger partial charge in [0, 0.05) is 28.5 Å². The zero-order valence-electron chi connectivity index (χ0n) is 18.3. The predicted molar refractivity (Wildman–Crippen MR) is 124 cm³/mol. The highest BCUT2D eigenvalue weighted by atomic mass is 16.5. The highest BCUT2D eigenvalue weighted by molar-refractivity contribution is 6.21. The van der Waals surface area contributed by atoms with Crippen LogP contribution in [0.1, 0.15) is 49.1 Å². The smallest absolute Gasteiger partial charge is 0.261 e. The number of quaternary nitrogens is 1. The molecule has 1 atom stereocenters. The lowest BCUT2D eigenvalue weighted by molar-refractivity contribution is -0.690. The number of hydrogen-bond donors (Lipinski definition) is 2. The fraction of sp³-hybridized carbons (Fsp3) is 0.185. The summed E-state index contributed by atoms with van der Waals surface area (Å²) in [6.45, 7) is 1.18. The second kappa shape index (κ2) is 7.60. The topological polar surface area (TPSA) is 79.0 Å². The number of H-pyrrole nitrogens is 1. The number of nitrogens with zero attached hydrogens (tertiary/aromatic N) is 1. The van der Waals surface area contributed by atoms with E-state index in [1.807, 2.05) is 6.07 Å². The molecule has 0 unspecified atom stereocenters. The highest BCUT2D eigenvalue weighted by Gasteiger charge is 2.36. The Bertz CT molecular complexity index is 1390. The van der Waals surface area contributed by atoms with Crippen molar-refractivity contribution in [3.8, 4) is 5.75 Å². The molecule has 3 aromatic carbocycles. The standard InChI is InChI=1S/C27H23N3O3/c1-33-23-11-10-16(24-25-19(12-13-28-24)18-6-4-5-9-22(18)29-25)14-17(23)15-30-26(31)20-7-2-3-8-21(20)27(30)32/h2-11,14,24,28-29H,12-13,15H2,1H3/p+1/t24-/m1/s1. The van der Waals surface area contributed by atoms with E-state index < -0.39 is 0 Å². The van der Waals surface area contributed by atoms with E-state index in [4.69, 9.17) is 4.74 Å². The van der Waals surface area contributed by atoms with E-state index >= 15 is 0 Å². The predicted octanol–water partition coefficient (Wildman–Crippen LogP) is 3.18. The van der Waals surface area contributed by atoms with Crippen LogP contribution in [0.15, 0.2) is 66.7 Å². The Morgan fingerprint density at radius 2 is 1.73 bits per heavy atom. The largest absolute Gasteiger partial charge is 0.496 e. The maximum absolute atomic E-state index is 12.9. The third-order valence-electron chi connectivity index (χ3n) is 6.82. The Balaban J connectivity index is 1.38. The van der Waals surface area contributed by atoms with Gasteiger partial charge >= 0.3 is 0 Å². The van der Waals surface area contributed by atoms with Crippen LogP contribution in [0, 0.1) is 0 Å². The Hall–Kier alpha value is -3.90. The zero-order chi connectivity index (χ0) is 22.5. The van der Waals surface area contributed by atoms with Crippen LogP contribution >= 0.6 is 0 Å². The molecule has 0 bridgehead atoms. The lowest BCUT2D eigenvalue weighted by atomic mass is 9.93. The van der Waals surface area contributed by atoms with Gasteiger partial charge in [-0.15, -0.1) is 0 Å². The minimum Gasteiger partial charge on any atom is -0.496 e. The Labute approximate surface area is 191 Å². The van der Waals surface area contributed by atoms with E-state index in [0.717, 1.165) is 29.6 Å². The molecule has 2 aliphatic rings. The molecule has 6 heteroatoms. The van der Waals surface area contributed by atoms with Crippen LogP contribution in [-0.4, -0.2) is 35.4 Å². The van der Waals surface area contributed by atoms with E-state index in [2.05, 4.69) is 46.7 Å². The molecule has 3 heterocycles. The van der Waals surface area contributed by atoms with Crippen molar-refractivity contribution < 1.29 is 19.6 Å². The lowest BCUT2D eigenvalue weighted by Crippen LogP contribution is -2.87. The summed E-state index contributed by atoms with van der Waals surface area (Å²) >= 11 is 0. The monoisotopic (exact) mass is 438 g/mol. The van der Waals surface area contributed by atoms with Gasteiger partial charge in [-0.05, 0) is 42.0 Å². The van der Waals surface area contributed by atoms with Crippen molar-refractivity contribution in [1.82, 2.24) is 9.88 Å². The Kier molecular flexibility index (Phi) is 4.55. The number of ether oxygens (including phenoxy) is 1. The van der Waals surface area contributed by atoms with Gasteiger partial charge in [0.15, 0.2) is 6.04 Å². The first-order chi connectivity index (χ1) is 16.2. The Morgan fingerprint density at radius 3 is 2.48 bits per heavy atom. The van der Waals surface area contributed by atoms with E-state index in [0.29, 0.717) is 16.9 Å². The van der Waals surface area contributed by atoms with E-state index in [1.165, 1.54) is 21.5 Å². The van der Waals surface area contributed by atoms with Crippen molar-refractivity contribution >= 4 is 22.7 Å². The van der Waals surface area contributed by atoms with E-state index in [-0.39, 0.29) is 24.4 Å². The van der Waals surface area contributed by atoms with Crippen LogP contribution in [0.5, 0.6) is 5.75 Å². The molecular formula is C27H24N3O3+. The van der Waals surface area contributed by atoms with Gasteiger partial charge in [-0.3, -0.25) is 14.5 Å². The van der Waals surface area contributed by atoms with Crippen molar-refractivity contribution in [2.75, 3.05) is 13.7 Å². The number of benzene rings is 3. The molecule has 0 fully saturated rings. The molecule has 1 aromatic heterocycles. The normalized spacial score (nSPS) is 17.4. The van der Waals surface area contributed by atoms with Crippen LogP contribution in [0.2, 0.25) is 0 Å². The van der Waals surface area contributed by atoms with Crippen molar-refractivity contribution in [3.05, 3.63) is 100 Å². The molecule has 0 saturated heterocycles. The molecule has 0 saturated carbocycles. The number of nitrogens with two attached hydrogens (primary N) is 1. The molecule has 0 aliphatic carbocycles. The summed E-state index contributed by atoms with van der Waals surface area (Å²) in [5, 5.41) is 3.62. The number of aromatic nitrogens is 1. The zero-order valence-corrected chi connectivity index (χ0v) is 18.3. The SMILES string of the molecule is COc1ccc([C@H]2[NH2+]CCc3c2[nH]c2ccccc32)cc1CN1C(=O)c2ccccc2C1=O. The number of imide groups is 1. The Morgan fingerprint density at radius 1 is 1.00 bits per heavy atom. The molecule has 4 aromatic rings. The quantitative estimate of drug-likeness (QED) is 0.481. The second-order valence-electron chi connectivity index (χ2n) is 8.63. The van der Waals surface area contributed by atoms with Crippen LogP contribution in [0.25, 0.3) is 10.9 Å². The average molecular weight is 439 g/mol. The van der Waals surface area contributed by atoms with Crippen LogP contribution in [-0.2, 0) is 13.0 Å². The molecule has 6 nitrogen and oxygen atoms in total. The minimum absolute atomic E-state index is 0.119.